The molecule has 0 saturated heterocycles. The van der Waals surface area contributed by atoms with E-state index in [4.69, 9.17) is 4.74 Å². The maximum atomic E-state index is 13.9. The molecule has 0 spiro atoms. The minimum atomic E-state index is -0.915. The van der Waals surface area contributed by atoms with Crippen molar-refractivity contribution in [1.82, 2.24) is 0 Å². The molecule has 0 unspecified atom stereocenters. The Kier molecular flexibility index (Phi) is 4.55. The molecule has 0 amide bonds. The van der Waals surface area contributed by atoms with Crippen molar-refractivity contribution in [3.8, 4) is 5.75 Å². The van der Waals surface area contributed by atoms with Crippen LogP contribution in [-0.4, -0.2) is 12.9 Å². The van der Waals surface area contributed by atoms with Gasteiger partial charge in [-0.25, -0.2) is 8.78 Å². The van der Waals surface area contributed by atoms with E-state index in [9.17, 15) is 13.6 Å². The molecule has 2 aromatic rings. The van der Waals surface area contributed by atoms with Crippen LogP contribution in [0.25, 0.3) is 0 Å². The van der Waals surface area contributed by atoms with Crippen molar-refractivity contribution in [2.75, 3.05) is 7.11 Å². The van der Waals surface area contributed by atoms with Crippen molar-refractivity contribution >= 4 is 37.6 Å². The van der Waals surface area contributed by atoms with Gasteiger partial charge in [0.15, 0.2) is 11.6 Å². The molecule has 0 aliphatic heterocycles. The van der Waals surface area contributed by atoms with Crippen LogP contribution in [-0.2, 0) is 0 Å². The zero-order valence-electron chi connectivity index (χ0n) is 10.2. The topological polar surface area (TPSA) is 26.3 Å². The summed E-state index contributed by atoms with van der Waals surface area (Å²) in [5, 5.41) is 0. The van der Waals surface area contributed by atoms with Gasteiger partial charge in [0.2, 0.25) is 0 Å². The molecule has 0 N–H and O–H groups in total. The highest BCUT2D eigenvalue weighted by Gasteiger charge is 2.21. The lowest BCUT2D eigenvalue weighted by atomic mass is 10.0. The maximum absolute atomic E-state index is 13.9. The van der Waals surface area contributed by atoms with E-state index in [1.807, 2.05) is 0 Å². The van der Waals surface area contributed by atoms with Gasteiger partial charge in [0, 0.05) is 5.56 Å². The van der Waals surface area contributed by atoms with Crippen LogP contribution in [0.1, 0.15) is 15.9 Å². The molecular weight excluding hydrogens is 398 g/mol. The third-order valence-electron chi connectivity index (χ3n) is 2.69. The average Bonchev–Trinajstić information content (AvgIpc) is 2.43. The number of carbonyl (C=O) groups excluding carboxylic acids is 1. The van der Waals surface area contributed by atoms with Crippen molar-refractivity contribution in [3.63, 3.8) is 0 Å². The van der Waals surface area contributed by atoms with Crippen LogP contribution in [0.5, 0.6) is 5.75 Å². The highest BCUT2D eigenvalue weighted by molar-refractivity contribution is 9.10. The molecule has 0 aliphatic rings. The average molecular weight is 406 g/mol. The normalized spacial score (nSPS) is 10.4. The molecule has 20 heavy (non-hydrogen) atoms. The number of hydrogen-bond acceptors (Lipinski definition) is 2. The van der Waals surface area contributed by atoms with Crippen LogP contribution in [0.2, 0.25) is 0 Å². The number of halogens is 4. The summed E-state index contributed by atoms with van der Waals surface area (Å²) in [5.41, 5.74) is -0.426. The van der Waals surface area contributed by atoms with E-state index in [2.05, 4.69) is 31.9 Å². The molecule has 0 bridgehead atoms. The van der Waals surface area contributed by atoms with Crippen molar-refractivity contribution < 1.29 is 18.3 Å². The Morgan fingerprint density at radius 1 is 1.10 bits per heavy atom. The number of hydrogen-bond donors (Lipinski definition) is 0. The SMILES string of the molecule is COc1ccc(C(=O)c2c(F)ccc(Br)c2F)cc1Br. The van der Waals surface area contributed by atoms with E-state index >= 15 is 0 Å². The van der Waals surface area contributed by atoms with Gasteiger partial charge < -0.3 is 4.74 Å². The quantitative estimate of drug-likeness (QED) is 0.545. The van der Waals surface area contributed by atoms with E-state index in [1.54, 1.807) is 6.07 Å². The Balaban J connectivity index is 2.52. The second-order valence-corrected chi connectivity index (χ2v) is 5.61. The molecule has 0 aromatic heterocycles. The molecule has 0 fully saturated rings. The molecule has 2 rings (SSSR count). The predicted octanol–water partition coefficient (Wildman–Crippen LogP) is 4.73. The molecule has 2 nitrogen and oxygen atoms in total. The summed E-state index contributed by atoms with van der Waals surface area (Å²) < 4.78 is 33.2. The van der Waals surface area contributed by atoms with Crippen LogP contribution in [0.4, 0.5) is 8.78 Å². The maximum Gasteiger partial charge on any atom is 0.199 e. The zero-order valence-corrected chi connectivity index (χ0v) is 13.4. The summed E-state index contributed by atoms with van der Waals surface area (Å²) in [6.07, 6.45) is 0. The molecular formula is C14H8Br2F2O2. The van der Waals surface area contributed by atoms with E-state index in [1.165, 1.54) is 25.3 Å². The highest BCUT2D eigenvalue weighted by atomic mass is 79.9. The molecule has 2 aromatic carbocycles. The smallest absolute Gasteiger partial charge is 0.199 e. The summed E-state index contributed by atoms with van der Waals surface area (Å²) in [6, 6.07) is 6.71. The Bertz CT molecular complexity index is 687. The minimum absolute atomic E-state index is 0.0369. The number of methoxy groups -OCH3 is 1. The lowest BCUT2D eigenvalue weighted by Gasteiger charge is -2.08. The summed E-state index contributed by atoms with van der Waals surface area (Å²) in [7, 11) is 1.48. The third kappa shape index (κ3) is 2.76. The standard InChI is InChI=1S/C14H8Br2F2O2/c1-20-11-5-2-7(6-9(11)16)14(19)12-10(17)4-3-8(15)13(12)18/h2-6H,1H3. The summed E-state index contributed by atoms with van der Waals surface area (Å²) >= 11 is 6.16. The Morgan fingerprint density at radius 2 is 1.80 bits per heavy atom. The van der Waals surface area contributed by atoms with E-state index in [0.29, 0.717) is 10.2 Å². The van der Waals surface area contributed by atoms with Crippen LogP contribution >= 0.6 is 31.9 Å². The second kappa shape index (κ2) is 6.01. The molecule has 0 radical (unpaired) electrons. The summed E-state index contributed by atoms with van der Waals surface area (Å²) in [5.74, 6) is -2.02. The van der Waals surface area contributed by atoms with E-state index in [0.717, 1.165) is 6.07 Å². The zero-order chi connectivity index (χ0) is 14.9. The van der Waals surface area contributed by atoms with Crippen molar-refractivity contribution in [2.24, 2.45) is 0 Å². The summed E-state index contributed by atoms with van der Waals surface area (Å²) in [4.78, 5) is 12.2. The number of benzene rings is 2. The first-order valence-electron chi connectivity index (χ1n) is 5.47. The lowest BCUT2D eigenvalue weighted by Crippen LogP contribution is -2.08. The molecule has 0 atom stereocenters. The van der Waals surface area contributed by atoms with Gasteiger partial charge in [0.05, 0.1) is 21.6 Å². The first-order valence-corrected chi connectivity index (χ1v) is 7.06. The van der Waals surface area contributed by atoms with Gasteiger partial charge in [-0.1, -0.05) is 0 Å². The van der Waals surface area contributed by atoms with Gasteiger partial charge in [-0.05, 0) is 62.2 Å². The predicted molar refractivity (Wildman–Crippen MR) is 78.2 cm³/mol. The van der Waals surface area contributed by atoms with Crippen LogP contribution in [0.15, 0.2) is 39.3 Å². The van der Waals surface area contributed by atoms with Crippen LogP contribution < -0.4 is 4.74 Å². The molecule has 0 saturated carbocycles. The number of ether oxygens (including phenoxy) is 1. The monoisotopic (exact) mass is 404 g/mol. The fraction of sp³-hybridized carbons (Fsp3) is 0.0714. The first kappa shape index (κ1) is 15.1. The fourth-order valence-corrected chi connectivity index (χ4v) is 2.56. The van der Waals surface area contributed by atoms with Crippen LogP contribution in [0.3, 0.4) is 0 Å². The van der Waals surface area contributed by atoms with Crippen molar-refractivity contribution in [1.29, 1.82) is 0 Å². The first-order chi connectivity index (χ1) is 9.45. The third-order valence-corrected chi connectivity index (χ3v) is 3.92. The number of carbonyl (C=O) groups is 1. The summed E-state index contributed by atoms with van der Waals surface area (Å²) in [6.45, 7) is 0. The van der Waals surface area contributed by atoms with Gasteiger partial charge in [-0.2, -0.15) is 0 Å². The van der Waals surface area contributed by atoms with Gasteiger partial charge in [-0.15, -0.1) is 0 Å². The van der Waals surface area contributed by atoms with Crippen LogP contribution in [0, 0.1) is 11.6 Å². The van der Waals surface area contributed by atoms with E-state index < -0.39 is 23.0 Å². The molecule has 104 valence electrons. The molecule has 0 aliphatic carbocycles. The molecule has 0 heterocycles. The van der Waals surface area contributed by atoms with Crippen molar-refractivity contribution in [3.05, 3.63) is 62.0 Å². The van der Waals surface area contributed by atoms with Gasteiger partial charge >= 0.3 is 0 Å². The molecule has 6 heteroatoms. The highest BCUT2D eigenvalue weighted by Crippen LogP contribution is 2.29. The van der Waals surface area contributed by atoms with Gasteiger partial charge in [-0.3, -0.25) is 4.79 Å². The Labute approximate surface area is 131 Å². The van der Waals surface area contributed by atoms with E-state index in [-0.39, 0.29) is 10.0 Å². The lowest BCUT2D eigenvalue weighted by molar-refractivity contribution is 0.103. The number of rotatable bonds is 3. The number of ketones is 1. The Hall–Kier alpha value is -1.27. The van der Waals surface area contributed by atoms with Gasteiger partial charge in [0.1, 0.15) is 11.6 Å². The second-order valence-electron chi connectivity index (χ2n) is 3.90. The van der Waals surface area contributed by atoms with Gasteiger partial charge in [0.25, 0.3) is 0 Å². The van der Waals surface area contributed by atoms with Crippen molar-refractivity contribution in [2.45, 2.75) is 0 Å². The minimum Gasteiger partial charge on any atom is -0.496 e. The Morgan fingerprint density at radius 3 is 2.40 bits per heavy atom. The largest absolute Gasteiger partial charge is 0.496 e. The fourth-order valence-electron chi connectivity index (χ4n) is 1.69.